The van der Waals surface area contributed by atoms with Gasteiger partial charge in [-0.3, -0.25) is 14.4 Å². The van der Waals surface area contributed by atoms with Crippen LogP contribution in [0.5, 0.6) is 0 Å². The molecule has 5 fully saturated rings. The second kappa shape index (κ2) is 31.9. The Balaban J connectivity index is 0.000000419. The lowest BCUT2D eigenvalue weighted by molar-refractivity contribution is -0.392. The average molecular weight is 1540 g/mol. The van der Waals surface area contributed by atoms with Crippen molar-refractivity contribution in [3.63, 3.8) is 0 Å². The van der Waals surface area contributed by atoms with Gasteiger partial charge in [0.1, 0.15) is 40.7 Å². The molecule has 0 aromatic carbocycles. The summed E-state index contributed by atoms with van der Waals surface area (Å²) in [6, 6.07) is 0. The summed E-state index contributed by atoms with van der Waals surface area (Å²) in [6.45, 7) is 33.9. The molecule has 0 aromatic rings. The van der Waals surface area contributed by atoms with Gasteiger partial charge in [0.05, 0.1) is 16.2 Å². The third kappa shape index (κ3) is 23.5. The van der Waals surface area contributed by atoms with E-state index in [4.69, 9.17) is 37.9 Å². The summed E-state index contributed by atoms with van der Waals surface area (Å²) >= 11 is 0. The molecule has 18 nitrogen and oxygen atoms in total. The van der Waals surface area contributed by atoms with E-state index in [0.29, 0.717) is 38.5 Å². The molecule has 0 heterocycles. The van der Waals surface area contributed by atoms with Crippen molar-refractivity contribution in [2.24, 2.45) is 63.6 Å². The summed E-state index contributed by atoms with van der Waals surface area (Å²) in [6.07, 6.45) is -37.5. The third-order valence-corrected chi connectivity index (χ3v) is 20.5. The van der Waals surface area contributed by atoms with Crippen molar-refractivity contribution >= 4 is 42.5 Å². The van der Waals surface area contributed by atoms with E-state index in [9.17, 15) is 99.4 Å². The highest BCUT2D eigenvalue weighted by atomic mass is 19.4. The van der Waals surface area contributed by atoms with Crippen LogP contribution in [0.4, 0.5) is 85.0 Å². The van der Waals surface area contributed by atoms with Crippen molar-refractivity contribution in [2.45, 2.75) is 344 Å². The van der Waals surface area contributed by atoms with Crippen LogP contribution in [0.1, 0.15) is 250 Å². The molecule has 606 valence electrons. The molecule has 5 rings (SSSR count). The van der Waals surface area contributed by atoms with Gasteiger partial charge in [-0.1, -0.05) is 20.8 Å². The second-order valence-corrected chi connectivity index (χ2v) is 34.7. The molecule has 5 aliphatic carbocycles. The van der Waals surface area contributed by atoms with E-state index in [1.807, 2.05) is 27.7 Å². The van der Waals surface area contributed by atoms with Gasteiger partial charge in [0.25, 0.3) is 0 Å². The van der Waals surface area contributed by atoms with Crippen LogP contribution in [0.15, 0.2) is 0 Å². The third-order valence-electron chi connectivity index (χ3n) is 20.5. The zero-order valence-electron chi connectivity index (χ0n) is 64.1. The number of alkyl halides is 15. The van der Waals surface area contributed by atoms with Crippen LogP contribution in [0, 0.1) is 63.6 Å². The summed E-state index contributed by atoms with van der Waals surface area (Å²) in [5.41, 5.74) is -21.9. The van der Waals surface area contributed by atoms with Gasteiger partial charge in [-0.05, 0) is 258 Å². The van der Waals surface area contributed by atoms with Crippen molar-refractivity contribution in [2.75, 3.05) is 0 Å². The van der Waals surface area contributed by atoms with Crippen LogP contribution in [-0.2, 0) is 66.5 Å². The molecule has 14 unspecified atom stereocenters. The molecule has 14 atom stereocenters. The zero-order chi connectivity index (χ0) is 81.4. The van der Waals surface area contributed by atoms with Gasteiger partial charge in [-0.25, -0.2) is 19.2 Å². The normalized spacial score (nSPS) is 26.0. The van der Waals surface area contributed by atoms with Gasteiger partial charge in [0.2, 0.25) is 16.8 Å². The first kappa shape index (κ1) is 92.6. The second-order valence-electron chi connectivity index (χ2n) is 34.7. The predicted octanol–water partition coefficient (Wildman–Crippen LogP) is 20.5. The molecular weight excluding hydrogens is 1430 g/mol. The number of ether oxygens (including phenoxy) is 11. The maximum Gasteiger partial charge on any atom is 0.510 e. The number of halogens is 15. The largest absolute Gasteiger partial charge is 0.510 e. The van der Waals surface area contributed by atoms with Gasteiger partial charge in [0, 0.05) is 17.8 Å². The van der Waals surface area contributed by atoms with Crippen molar-refractivity contribution in [1.82, 2.24) is 0 Å². The fourth-order valence-electron chi connectivity index (χ4n) is 13.3. The lowest BCUT2D eigenvalue weighted by atomic mass is 9.66. The van der Waals surface area contributed by atoms with Crippen molar-refractivity contribution in [3.8, 4) is 0 Å². The maximum atomic E-state index is 14.6. The average Bonchev–Trinajstić information content (AvgIpc) is 1.10. The van der Waals surface area contributed by atoms with Gasteiger partial charge in [0.15, 0.2) is 0 Å². The lowest BCUT2D eigenvalue weighted by Gasteiger charge is -2.49. The molecule has 4 bridgehead atoms. The fourth-order valence-corrected chi connectivity index (χ4v) is 13.3. The molecule has 0 amide bonds. The van der Waals surface area contributed by atoms with Crippen LogP contribution >= 0.6 is 0 Å². The van der Waals surface area contributed by atoms with E-state index in [1.165, 1.54) is 41.5 Å². The molecule has 0 aliphatic heterocycles. The molecule has 0 aromatic heterocycles. The minimum Gasteiger partial charge on any atom is -0.462 e. The van der Waals surface area contributed by atoms with E-state index in [1.54, 1.807) is 55.4 Å². The van der Waals surface area contributed by atoms with Gasteiger partial charge >= 0.3 is 79.0 Å². The minimum absolute atomic E-state index is 0.0152. The SMILES string of the molecule is CCC(C)(C)C(=O)OC1CC(C(C)(OC(=O)OC(C)(C)C)C(F)(F)F)CC(C(OC(=O)OC(C)(C)C)(C(F)(F)F)C(F)(F)F)C1.CCC(C)(C)C(=O)OC1CC2CC1CC2C(C)(OC(=O)OC(C)(C)C)C(F)(F)F.CCC(C)(C)C(=O)OC1CC2CC1CC2CC(C)(OC(=O)OC(C)(C)C)C(F)(F)F. The lowest BCUT2D eigenvalue weighted by Crippen LogP contribution is -2.67. The Morgan fingerprint density at radius 2 is 0.635 bits per heavy atom. The van der Waals surface area contributed by atoms with Crippen molar-refractivity contribution in [3.05, 3.63) is 0 Å². The highest BCUT2D eigenvalue weighted by Crippen LogP contribution is 2.61. The number of esters is 3. The van der Waals surface area contributed by atoms with E-state index in [2.05, 4.69) is 14.2 Å². The topological polar surface area (TPSA) is 221 Å². The monoisotopic (exact) mass is 1530 g/mol. The van der Waals surface area contributed by atoms with Crippen LogP contribution < -0.4 is 0 Å². The first-order chi connectivity index (χ1) is 46.2. The highest BCUT2D eigenvalue weighted by Gasteiger charge is 2.79. The smallest absolute Gasteiger partial charge is 0.462 e. The Morgan fingerprint density at radius 1 is 0.308 bits per heavy atom. The summed E-state index contributed by atoms with van der Waals surface area (Å²) in [4.78, 5) is 86.3. The first-order valence-electron chi connectivity index (χ1n) is 34.8. The summed E-state index contributed by atoms with van der Waals surface area (Å²) in [7, 11) is 0. The van der Waals surface area contributed by atoms with Gasteiger partial charge in [-0.15, -0.1) is 0 Å². The molecule has 5 aliphatic rings. The van der Waals surface area contributed by atoms with E-state index in [-0.39, 0.29) is 79.9 Å². The number of carbonyl (C=O) groups excluding carboxylic acids is 7. The molecule has 0 N–H and O–H groups in total. The summed E-state index contributed by atoms with van der Waals surface area (Å²) in [5, 5.41) is 0. The van der Waals surface area contributed by atoms with Crippen LogP contribution in [0.3, 0.4) is 0 Å². The van der Waals surface area contributed by atoms with Gasteiger partial charge < -0.3 is 52.1 Å². The molecule has 0 radical (unpaired) electrons. The molecule has 0 saturated heterocycles. The highest BCUT2D eigenvalue weighted by molar-refractivity contribution is 5.77. The maximum absolute atomic E-state index is 14.6. The van der Waals surface area contributed by atoms with E-state index < -0.39 is 166 Å². The van der Waals surface area contributed by atoms with Crippen LogP contribution in [0.2, 0.25) is 0 Å². The Morgan fingerprint density at radius 3 is 0.952 bits per heavy atom. The first-order valence-corrected chi connectivity index (χ1v) is 34.8. The summed E-state index contributed by atoms with van der Waals surface area (Å²) in [5.74, 6) is -8.70. The molecule has 5 saturated carbocycles. The standard InChI is InChI=1S/C28H41F9O8.C22H35F3O5.C21H33F3O5/c1-11-23(8,9)18(38)41-17-13-15(24(10,26(29,30)31)44-19(39)42-21(2,3)4)12-16(14-17)25(27(32,33)34,28(35,36)37)45-20(40)43-22(5,6)7;1-8-20(5,6)17(26)28-16-11-13-9-14(16)10-15(13)12-21(7,22(23,24)25)30-18(27)29-19(2,3)4;1-8-19(5,6)16(25)27-15-11-12-9-13(15)10-14(12)20(7,21(22,23)24)29-17(26)28-18(2,3)4/h15-17H,11-14H2,1-10H3;13-16H,8-12H2,1-7H3;12-15H,8-11H2,1-7H3. The Kier molecular flexibility index (Phi) is 28.5. The number of hydrogen-bond donors (Lipinski definition) is 0. The quantitative estimate of drug-likeness (QED) is 0.0707. The van der Waals surface area contributed by atoms with E-state index >= 15 is 0 Å². The Bertz CT molecular complexity index is 2950. The molecule has 33 heteroatoms. The number of fused-ring (bicyclic) bond motifs is 4. The number of rotatable bonds is 18. The van der Waals surface area contributed by atoms with Crippen LogP contribution in [-0.4, -0.2) is 137 Å². The fraction of sp³-hybridized carbons (Fsp3) is 0.901. The van der Waals surface area contributed by atoms with E-state index in [0.717, 1.165) is 41.0 Å². The summed E-state index contributed by atoms with van der Waals surface area (Å²) < 4.78 is 269. The van der Waals surface area contributed by atoms with Gasteiger partial charge in [-0.2, -0.15) is 65.9 Å². The number of hydrogen-bond acceptors (Lipinski definition) is 18. The molecular formula is C71H109F15O18. The zero-order valence-corrected chi connectivity index (χ0v) is 64.1. The van der Waals surface area contributed by atoms with Crippen molar-refractivity contribution in [1.29, 1.82) is 0 Å². The van der Waals surface area contributed by atoms with Crippen molar-refractivity contribution < 1.29 is 152 Å². The Hall–Kier alpha value is -5.56. The molecule has 104 heavy (non-hydrogen) atoms. The predicted molar refractivity (Wildman–Crippen MR) is 343 cm³/mol. The Labute approximate surface area is 599 Å². The minimum atomic E-state index is -6.47. The number of carbonyl (C=O) groups is 7. The van der Waals surface area contributed by atoms with Crippen LogP contribution in [0.25, 0.3) is 0 Å². The molecule has 0 spiro atoms.